The molecule has 2 rings (SSSR count). The molecule has 1 aliphatic heterocycles. The third-order valence-corrected chi connectivity index (χ3v) is 9.77. The zero-order valence-corrected chi connectivity index (χ0v) is 30.8. The molecule has 7 heteroatoms. The normalized spacial score (nSPS) is 15.0. The molecule has 0 saturated carbocycles. The fraction of sp³-hybridized carbons (Fsp3) is 0.756. The van der Waals surface area contributed by atoms with Gasteiger partial charge in [0.1, 0.15) is 6.04 Å². The van der Waals surface area contributed by atoms with Crippen molar-refractivity contribution in [3.05, 3.63) is 35.9 Å². The lowest BCUT2D eigenvalue weighted by molar-refractivity contribution is -0.150. The number of hydrogen-bond acceptors (Lipinski definition) is 5. The zero-order valence-electron chi connectivity index (χ0n) is 30.8. The Labute approximate surface area is 293 Å². The van der Waals surface area contributed by atoms with Crippen LogP contribution in [0.15, 0.2) is 30.3 Å². The summed E-state index contributed by atoms with van der Waals surface area (Å²) in [6, 6.07) is 7.92. The first kappa shape index (κ1) is 41.6. The van der Waals surface area contributed by atoms with Crippen molar-refractivity contribution in [1.82, 2.24) is 15.1 Å². The third-order valence-electron chi connectivity index (χ3n) is 9.77. The first-order valence-electron chi connectivity index (χ1n) is 19.9. The molecule has 1 aromatic carbocycles. The van der Waals surface area contributed by atoms with Gasteiger partial charge in [-0.2, -0.15) is 0 Å². The van der Waals surface area contributed by atoms with Crippen LogP contribution in [-0.2, 0) is 14.4 Å². The summed E-state index contributed by atoms with van der Waals surface area (Å²) in [5.41, 5.74) is 0.463. The third kappa shape index (κ3) is 18.9. The maximum atomic E-state index is 13.2. The van der Waals surface area contributed by atoms with Crippen LogP contribution >= 0.6 is 0 Å². The van der Waals surface area contributed by atoms with Gasteiger partial charge >= 0.3 is 0 Å². The summed E-state index contributed by atoms with van der Waals surface area (Å²) in [5.74, 6) is -1.30. The van der Waals surface area contributed by atoms with Crippen LogP contribution in [0.5, 0.6) is 0 Å². The number of nitrogens with zero attached hydrogens (tertiary/aromatic N) is 2. The number of benzene rings is 1. The Balaban J connectivity index is 1.77. The number of likely N-dealkylation sites (tertiary alicyclic amines) is 1. The van der Waals surface area contributed by atoms with Gasteiger partial charge in [0.25, 0.3) is 5.91 Å². The second-order valence-corrected chi connectivity index (χ2v) is 14.1. The van der Waals surface area contributed by atoms with E-state index < -0.39 is 11.9 Å². The average molecular weight is 668 g/mol. The first-order valence-corrected chi connectivity index (χ1v) is 19.9. The zero-order chi connectivity index (χ0) is 34.7. The van der Waals surface area contributed by atoms with E-state index in [-0.39, 0.29) is 43.5 Å². The highest BCUT2D eigenvalue weighted by molar-refractivity contribution is 6.07. The van der Waals surface area contributed by atoms with Crippen LogP contribution in [0.3, 0.4) is 0 Å². The average Bonchev–Trinajstić information content (AvgIpc) is 3.09. The van der Waals surface area contributed by atoms with E-state index in [4.69, 9.17) is 0 Å². The van der Waals surface area contributed by atoms with Crippen molar-refractivity contribution in [3.63, 3.8) is 0 Å². The van der Waals surface area contributed by atoms with Crippen LogP contribution in [0, 0.1) is 0 Å². The number of piperidine rings is 1. The minimum absolute atomic E-state index is 0.139. The minimum Gasteiger partial charge on any atom is -0.343 e. The second-order valence-electron chi connectivity index (χ2n) is 14.1. The van der Waals surface area contributed by atoms with Gasteiger partial charge in [-0.15, -0.1) is 0 Å². The van der Waals surface area contributed by atoms with E-state index in [1.165, 1.54) is 128 Å². The van der Waals surface area contributed by atoms with Crippen LogP contribution in [0.1, 0.15) is 178 Å². The molecule has 0 aromatic heterocycles. The van der Waals surface area contributed by atoms with Crippen molar-refractivity contribution in [1.29, 1.82) is 0 Å². The predicted octanol–water partition coefficient (Wildman–Crippen LogP) is 9.43. The summed E-state index contributed by atoms with van der Waals surface area (Å²) in [5, 5.41) is 2.91. The molecule has 1 aromatic rings. The molecule has 1 aliphatic rings. The van der Waals surface area contributed by atoms with Gasteiger partial charge in [-0.25, -0.2) is 0 Å². The molecular formula is C41H69N3O4. The van der Waals surface area contributed by atoms with Crippen LogP contribution in [0.2, 0.25) is 0 Å². The van der Waals surface area contributed by atoms with Crippen LogP contribution < -0.4 is 5.32 Å². The quantitative estimate of drug-likeness (QED) is 0.0502. The summed E-state index contributed by atoms with van der Waals surface area (Å²) in [7, 11) is 0. The number of carbonyl (C=O) groups excluding carboxylic acids is 4. The Morgan fingerprint density at radius 3 is 1.56 bits per heavy atom. The number of Topliss-reactive ketones (excluding diaryl/α,β-unsaturated/α-hetero) is 1. The van der Waals surface area contributed by atoms with Crippen molar-refractivity contribution in [3.8, 4) is 0 Å². The largest absolute Gasteiger partial charge is 0.343 e. The van der Waals surface area contributed by atoms with E-state index in [0.29, 0.717) is 5.56 Å². The van der Waals surface area contributed by atoms with Gasteiger partial charge in [0.15, 0.2) is 5.78 Å². The van der Waals surface area contributed by atoms with Crippen molar-refractivity contribution in [2.45, 2.75) is 174 Å². The number of hydrogen-bond donors (Lipinski definition) is 1. The molecule has 1 fully saturated rings. The fourth-order valence-electron chi connectivity index (χ4n) is 6.71. The van der Waals surface area contributed by atoms with Gasteiger partial charge in [-0.1, -0.05) is 173 Å². The second kappa shape index (κ2) is 27.3. The van der Waals surface area contributed by atoms with Gasteiger partial charge in [0.05, 0.1) is 13.1 Å². The molecule has 1 saturated heterocycles. The number of imide groups is 1. The number of ketones is 1. The van der Waals surface area contributed by atoms with Crippen molar-refractivity contribution in [2.75, 3.05) is 26.2 Å². The molecular weight excluding hydrogens is 598 g/mol. The van der Waals surface area contributed by atoms with Gasteiger partial charge in [-0.3, -0.25) is 29.0 Å². The monoisotopic (exact) mass is 668 g/mol. The highest BCUT2D eigenvalue weighted by Crippen LogP contribution is 2.16. The van der Waals surface area contributed by atoms with E-state index in [1.54, 1.807) is 24.3 Å². The molecule has 1 unspecified atom stereocenters. The molecule has 1 N–H and O–H groups in total. The Hall–Kier alpha value is -2.54. The number of rotatable bonds is 30. The summed E-state index contributed by atoms with van der Waals surface area (Å²) in [6.45, 7) is 6.26. The molecule has 0 spiro atoms. The lowest BCUT2D eigenvalue weighted by Gasteiger charge is -2.31. The molecule has 1 heterocycles. The highest BCUT2D eigenvalue weighted by atomic mass is 16.2. The molecule has 272 valence electrons. The van der Waals surface area contributed by atoms with Gasteiger partial charge in [0.2, 0.25) is 11.8 Å². The van der Waals surface area contributed by atoms with Crippen LogP contribution in [0.25, 0.3) is 0 Å². The van der Waals surface area contributed by atoms with E-state index in [1.807, 2.05) is 6.07 Å². The number of unbranched alkanes of at least 4 members (excludes halogenated alkanes) is 20. The number of amides is 3. The Kier molecular flexibility index (Phi) is 23.7. The van der Waals surface area contributed by atoms with Crippen molar-refractivity contribution < 1.29 is 19.2 Å². The molecule has 0 radical (unpaired) electrons. The molecule has 3 amide bonds. The van der Waals surface area contributed by atoms with E-state index in [9.17, 15) is 19.2 Å². The van der Waals surface area contributed by atoms with E-state index >= 15 is 0 Å². The number of nitrogens with one attached hydrogen (secondary N) is 1. The van der Waals surface area contributed by atoms with Crippen LogP contribution in [-0.4, -0.2) is 65.5 Å². The first-order chi connectivity index (χ1) is 23.5. The topological polar surface area (TPSA) is 86.8 Å². The molecule has 1 atom stereocenters. The smallest absolute Gasteiger partial charge is 0.252 e. The van der Waals surface area contributed by atoms with Gasteiger partial charge in [-0.05, 0) is 32.4 Å². The van der Waals surface area contributed by atoms with Crippen molar-refractivity contribution in [2.24, 2.45) is 0 Å². The maximum Gasteiger partial charge on any atom is 0.252 e. The van der Waals surface area contributed by atoms with Crippen LogP contribution in [0.4, 0.5) is 0 Å². The summed E-state index contributed by atoms with van der Waals surface area (Å²) < 4.78 is 0. The summed E-state index contributed by atoms with van der Waals surface area (Å²) >= 11 is 0. The fourth-order valence-corrected chi connectivity index (χ4v) is 6.71. The lowest BCUT2D eigenvalue weighted by atomic mass is 10.0. The molecule has 0 aliphatic carbocycles. The summed E-state index contributed by atoms with van der Waals surface area (Å²) in [6.07, 6.45) is 28.9. The highest BCUT2D eigenvalue weighted by Gasteiger charge is 2.36. The maximum absolute atomic E-state index is 13.2. The molecule has 0 bridgehead atoms. The molecule has 7 nitrogen and oxygen atoms in total. The standard InChI is InChI=1S/C41H69N3O4/c1-3-5-7-9-11-13-15-17-19-21-26-32-43(33-27-22-20-18-16-14-12-10-8-6-4-2)35-39(46)42-37-30-31-40(47)44(41(37)48)34-38(45)36-28-24-23-25-29-36/h23-25,28-29,37H,3-22,26-27,30-35H2,1-2H3,(H,42,46). The van der Waals surface area contributed by atoms with E-state index in [2.05, 4.69) is 24.1 Å². The number of carbonyl (C=O) groups is 4. The summed E-state index contributed by atoms with van der Waals surface area (Å²) in [4.78, 5) is 55.0. The SMILES string of the molecule is CCCCCCCCCCCCCN(CCCCCCCCCCCCC)CC(=O)NC1CCC(=O)N(CC(=O)c2ccccc2)C1=O. The van der Waals surface area contributed by atoms with Gasteiger partial charge < -0.3 is 5.32 Å². The Morgan fingerprint density at radius 1 is 0.667 bits per heavy atom. The minimum atomic E-state index is -0.774. The predicted molar refractivity (Wildman–Crippen MR) is 198 cm³/mol. The van der Waals surface area contributed by atoms with E-state index in [0.717, 1.165) is 30.8 Å². The van der Waals surface area contributed by atoms with Gasteiger partial charge in [0, 0.05) is 12.0 Å². The van der Waals surface area contributed by atoms with Crippen molar-refractivity contribution >= 4 is 23.5 Å². The lowest BCUT2D eigenvalue weighted by Crippen LogP contribution is -2.56. The Morgan fingerprint density at radius 2 is 1.10 bits per heavy atom. The Bertz CT molecular complexity index is 988. The molecule has 48 heavy (non-hydrogen) atoms.